The van der Waals surface area contributed by atoms with Crippen molar-refractivity contribution in [1.29, 1.82) is 0 Å². The van der Waals surface area contributed by atoms with Gasteiger partial charge in [-0.2, -0.15) is 0 Å². The fourth-order valence-corrected chi connectivity index (χ4v) is 2.27. The molecular formula is C13H10F2N2O3S. The van der Waals surface area contributed by atoms with Gasteiger partial charge in [-0.15, -0.1) is 11.3 Å². The quantitative estimate of drug-likeness (QED) is 0.885. The molecule has 0 saturated heterocycles. The largest absolute Gasteiger partial charge is 0.476 e. The van der Waals surface area contributed by atoms with E-state index in [0.717, 1.165) is 17.4 Å². The number of nitrogens with zero attached hydrogens (tertiary/aromatic N) is 1. The van der Waals surface area contributed by atoms with Gasteiger partial charge in [-0.3, -0.25) is 4.79 Å². The van der Waals surface area contributed by atoms with Crippen LogP contribution in [-0.2, 0) is 17.8 Å². The predicted molar refractivity (Wildman–Crippen MR) is 71.0 cm³/mol. The van der Waals surface area contributed by atoms with Crippen LogP contribution in [0.25, 0.3) is 0 Å². The number of rotatable bonds is 5. The zero-order valence-electron chi connectivity index (χ0n) is 10.6. The zero-order valence-corrected chi connectivity index (χ0v) is 11.4. The second-order valence-electron chi connectivity index (χ2n) is 4.12. The van der Waals surface area contributed by atoms with Crippen LogP contribution in [0.2, 0.25) is 0 Å². The maximum absolute atomic E-state index is 13.4. The maximum Gasteiger partial charge on any atom is 0.355 e. The lowest BCUT2D eigenvalue weighted by molar-refractivity contribution is -0.120. The fourth-order valence-electron chi connectivity index (χ4n) is 1.57. The number of aromatic nitrogens is 1. The Morgan fingerprint density at radius 3 is 2.71 bits per heavy atom. The van der Waals surface area contributed by atoms with Crippen molar-refractivity contribution in [2.24, 2.45) is 0 Å². The number of thiazole rings is 1. The number of carboxylic acid groups (broad SMARTS) is 1. The molecule has 0 radical (unpaired) electrons. The third-order valence-corrected chi connectivity index (χ3v) is 3.42. The number of aromatic carboxylic acids is 1. The highest BCUT2D eigenvalue weighted by Crippen LogP contribution is 2.11. The van der Waals surface area contributed by atoms with Gasteiger partial charge in [-0.25, -0.2) is 18.6 Å². The van der Waals surface area contributed by atoms with Crippen molar-refractivity contribution in [3.63, 3.8) is 0 Å². The van der Waals surface area contributed by atoms with Crippen molar-refractivity contribution < 1.29 is 23.5 Å². The molecule has 0 bridgehead atoms. The maximum atomic E-state index is 13.4. The molecular weight excluding hydrogens is 302 g/mol. The van der Waals surface area contributed by atoms with Crippen LogP contribution in [0.3, 0.4) is 0 Å². The van der Waals surface area contributed by atoms with Gasteiger partial charge in [0.25, 0.3) is 0 Å². The van der Waals surface area contributed by atoms with Crippen LogP contribution < -0.4 is 5.32 Å². The minimum Gasteiger partial charge on any atom is -0.476 e. The topological polar surface area (TPSA) is 79.3 Å². The van der Waals surface area contributed by atoms with E-state index in [4.69, 9.17) is 5.11 Å². The van der Waals surface area contributed by atoms with Gasteiger partial charge < -0.3 is 10.4 Å². The first-order valence-corrected chi connectivity index (χ1v) is 6.72. The summed E-state index contributed by atoms with van der Waals surface area (Å²) in [6.07, 6.45) is -0.233. The number of nitrogens with one attached hydrogen (secondary N) is 1. The molecule has 0 unspecified atom stereocenters. The molecule has 0 atom stereocenters. The lowest BCUT2D eigenvalue weighted by Crippen LogP contribution is -2.25. The highest BCUT2D eigenvalue weighted by atomic mass is 32.1. The molecule has 0 aliphatic carbocycles. The molecule has 1 amide bonds. The molecule has 0 spiro atoms. The van der Waals surface area contributed by atoms with E-state index < -0.39 is 23.5 Å². The molecule has 1 aromatic heterocycles. The Labute approximate surface area is 122 Å². The van der Waals surface area contributed by atoms with Crippen molar-refractivity contribution in [2.45, 2.75) is 13.0 Å². The van der Waals surface area contributed by atoms with Gasteiger partial charge in [0, 0.05) is 11.4 Å². The summed E-state index contributed by atoms with van der Waals surface area (Å²) in [6.45, 7) is 0.0552. The number of carbonyl (C=O) groups is 2. The van der Waals surface area contributed by atoms with Crippen LogP contribution in [0.15, 0.2) is 23.6 Å². The Hall–Kier alpha value is -2.35. The average Bonchev–Trinajstić information content (AvgIpc) is 2.89. The third-order valence-electron chi connectivity index (χ3n) is 2.57. The molecule has 2 rings (SSSR count). The second-order valence-corrected chi connectivity index (χ2v) is 5.06. The van der Waals surface area contributed by atoms with Gasteiger partial charge >= 0.3 is 5.97 Å². The van der Waals surface area contributed by atoms with Gasteiger partial charge in [-0.05, 0) is 11.6 Å². The first-order chi connectivity index (χ1) is 9.95. The van der Waals surface area contributed by atoms with E-state index in [1.54, 1.807) is 0 Å². The molecule has 0 fully saturated rings. The number of benzene rings is 1. The molecule has 21 heavy (non-hydrogen) atoms. The van der Waals surface area contributed by atoms with Crippen LogP contribution in [0.5, 0.6) is 0 Å². The van der Waals surface area contributed by atoms with E-state index in [1.807, 2.05) is 0 Å². The van der Waals surface area contributed by atoms with Gasteiger partial charge in [-0.1, -0.05) is 6.07 Å². The predicted octanol–water partition coefficient (Wildman–Crippen LogP) is 1.98. The summed E-state index contributed by atoms with van der Waals surface area (Å²) in [7, 11) is 0. The summed E-state index contributed by atoms with van der Waals surface area (Å²) < 4.78 is 26.1. The third kappa shape index (κ3) is 4.06. The Kier molecular flexibility index (Phi) is 4.59. The Bertz CT molecular complexity index is 688. The summed E-state index contributed by atoms with van der Waals surface area (Å²) in [5, 5.41) is 13.0. The summed E-state index contributed by atoms with van der Waals surface area (Å²) in [5.74, 6) is -3.10. The van der Waals surface area contributed by atoms with Gasteiger partial charge in [0.15, 0.2) is 5.69 Å². The summed E-state index contributed by atoms with van der Waals surface area (Å²) in [4.78, 5) is 26.1. The highest BCUT2D eigenvalue weighted by Gasteiger charge is 2.11. The van der Waals surface area contributed by atoms with Crippen molar-refractivity contribution in [3.8, 4) is 0 Å². The highest BCUT2D eigenvalue weighted by molar-refractivity contribution is 7.09. The first-order valence-electron chi connectivity index (χ1n) is 5.84. The van der Waals surface area contributed by atoms with Crippen LogP contribution in [0, 0.1) is 11.6 Å². The van der Waals surface area contributed by atoms with Crippen molar-refractivity contribution >= 4 is 23.2 Å². The molecule has 0 saturated carbocycles. The molecule has 110 valence electrons. The molecule has 0 aliphatic rings. The monoisotopic (exact) mass is 312 g/mol. The number of carbonyl (C=O) groups excluding carboxylic acids is 1. The number of hydrogen-bond donors (Lipinski definition) is 2. The Morgan fingerprint density at radius 2 is 2.10 bits per heavy atom. The van der Waals surface area contributed by atoms with Crippen LogP contribution in [0.1, 0.15) is 21.1 Å². The van der Waals surface area contributed by atoms with E-state index in [-0.39, 0.29) is 24.2 Å². The standard InChI is InChI=1S/C13H10F2N2O3S/c14-8-2-1-7(9(15)4-8)3-11(18)16-5-12-17-10(6-21-12)13(19)20/h1-2,4,6H,3,5H2,(H,16,18)(H,19,20). The van der Waals surface area contributed by atoms with E-state index >= 15 is 0 Å². The summed E-state index contributed by atoms with van der Waals surface area (Å²) in [5.41, 5.74) is -0.00640. The lowest BCUT2D eigenvalue weighted by Gasteiger charge is -2.04. The minimum atomic E-state index is -1.14. The Morgan fingerprint density at radius 1 is 1.33 bits per heavy atom. The van der Waals surface area contributed by atoms with E-state index in [1.165, 1.54) is 11.4 Å². The molecule has 2 aromatic rings. The number of carboxylic acids is 1. The van der Waals surface area contributed by atoms with Crippen molar-refractivity contribution in [3.05, 3.63) is 51.5 Å². The van der Waals surface area contributed by atoms with Crippen molar-refractivity contribution in [2.75, 3.05) is 0 Å². The zero-order chi connectivity index (χ0) is 15.4. The van der Waals surface area contributed by atoms with Gasteiger partial charge in [0.1, 0.15) is 16.6 Å². The number of amides is 1. The van der Waals surface area contributed by atoms with Gasteiger partial charge in [0.2, 0.25) is 5.91 Å². The summed E-state index contributed by atoms with van der Waals surface area (Å²) in [6, 6.07) is 2.99. The lowest BCUT2D eigenvalue weighted by atomic mass is 10.1. The number of halogens is 2. The first kappa shape index (κ1) is 15.0. The smallest absolute Gasteiger partial charge is 0.355 e. The molecule has 0 aliphatic heterocycles. The Balaban J connectivity index is 1.91. The SMILES string of the molecule is O=C(Cc1ccc(F)cc1F)NCc1nc(C(=O)O)cs1. The molecule has 8 heteroatoms. The molecule has 1 heterocycles. The van der Waals surface area contributed by atoms with E-state index in [2.05, 4.69) is 10.3 Å². The average molecular weight is 312 g/mol. The van der Waals surface area contributed by atoms with E-state index in [9.17, 15) is 18.4 Å². The minimum absolute atomic E-state index is 0.0552. The fraction of sp³-hybridized carbons (Fsp3) is 0.154. The molecule has 5 nitrogen and oxygen atoms in total. The molecule has 2 N–H and O–H groups in total. The van der Waals surface area contributed by atoms with E-state index in [0.29, 0.717) is 11.1 Å². The van der Waals surface area contributed by atoms with Crippen LogP contribution >= 0.6 is 11.3 Å². The van der Waals surface area contributed by atoms with Crippen LogP contribution in [-0.4, -0.2) is 22.0 Å². The van der Waals surface area contributed by atoms with Crippen LogP contribution in [0.4, 0.5) is 8.78 Å². The second kappa shape index (κ2) is 6.40. The van der Waals surface area contributed by atoms with Crippen molar-refractivity contribution in [1.82, 2.24) is 10.3 Å². The molecule has 1 aromatic carbocycles. The van der Waals surface area contributed by atoms with Gasteiger partial charge in [0.05, 0.1) is 13.0 Å². The summed E-state index contributed by atoms with van der Waals surface area (Å²) >= 11 is 1.10. The number of hydrogen-bond acceptors (Lipinski definition) is 4. The normalized spacial score (nSPS) is 10.4.